The lowest BCUT2D eigenvalue weighted by molar-refractivity contribution is -0.194. The molecular formula is C16H22F3N3O. The number of amides is 1. The van der Waals surface area contributed by atoms with Crippen molar-refractivity contribution in [3.63, 3.8) is 0 Å². The number of hydrogen-bond acceptors (Lipinski definition) is 3. The van der Waals surface area contributed by atoms with Gasteiger partial charge in [0.05, 0.1) is 5.41 Å². The Hall–Kier alpha value is -1.63. The highest BCUT2D eigenvalue weighted by Crippen LogP contribution is 2.66. The molecule has 1 aromatic rings. The Morgan fingerprint density at radius 3 is 2.61 bits per heavy atom. The van der Waals surface area contributed by atoms with Crippen molar-refractivity contribution in [2.75, 3.05) is 27.2 Å². The lowest BCUT2D eigenvalue weighted by Gasteiger charge is -2.29. The molecule has 0 aliphatic heterocycles. The number of likely N-dealkylation sites (N-methyl/N-ethyl adjacent to an activating group) is 1. The Morgan fingerprint density at radius 1 is 1.43 bits per heavy atom. The zero-order chi connectivity index (χ0) is 17.1. The third kappa shape index (κ3) is 4.22. The molecule has 1 atom stereocenters. The molecule has 0 aromatic carbocycles. The third-order valence-electron chi connectivity index (χ3n) is 4.38. The highest BCUT2D eigenvalue weighted by atomic mass is 19.4. The van der Waals surface area contributed by atoms with Crippen molar-refractivity contribution in [1.82, 2.24) is 15.2 Å². The highest BCUT2D eigenvalue weighted by molar-refractivity contribution is 5.77. The van der Waals surface area contributed by atoms with Gasteiger partial charge in [-0.1, -0.05) is 6.07 Å². The summed E-state index contributed by atoms with van der Waals surface area (Å²) in [7, 11) is 3.74. The second-order valence-electron chi connectivity index (χ2n) is 6.35. The van der Waals surface area contributed by atoms with Crippen LogP contribution in [0.4, 0.5) is 13.2 Å². The topological polar surface area (TPSA) is 45.2 Å². The molecular weight excluding hydrogens is 307 g/mol. The lowest BCUT2D eigenvalue weighted by Crippen LogP contribution is -2.36. The van der Waals surface area contributed by atoms with Gasteiger partial charge in [-0.2, -0.15) is 13.2 Å². The zero-order valence-electron chi connectivity index (χ0n) is 13.4. The first-order valence-electron chi connectivity index (χ1n) is 7.64. The summed E-state index contributed by atoms with van der Waals surface area (Å²) in [6.45, 7) is 1.07. The number of carbonyl (C=O) groups excluding carboxylic acids is 1. The third-order valence-corrected chi connectivity index (χ3v) is 4.38. The van der Waals surface area contributed by atoms with Crippen molar-refractivity contribution in [2.24, 2.45) is 5.41 Å². The fraction of sp³-hybridized carbons (Fsp3) is 0.625. The van der Waals surface area contributed by atoms with Crippen LogP contribution in [0.25, 0.3) is 0 Å². The average molecular weight is 329 g/mol. The molecule has 1 fully saturated rings. The predicted molar refractivity (Wildman–Crippen MR) is 80.9 cm³/mol. The average Bonchev–Trinajstić information content (AvgIpc) is 3.26. The number of hydrogen-bond donors (Lipinski definition) is 1. The van der Waals surface area contributed by atoms with E-state index in [2.05, 4.69) is 10.3 Å². The number of nitrogens with one attached hydrogen (secondary N) is 1. The molecule has 0 bridgehead atoms. The summed E-state index contributed by atoms with van der Waals surface area (Å²) >= 11 is 0. The number of halogens is 3. The van der Waals surface area contributed by atoms with Gasteiger partial charge < -0.3 is 10.2 Å². The molecule has 23 heavy (non-hydrogen) atoms. The van der Waals surface area contributed by atoms with E-state index in [-0.39, 0.29) is 25.2 Å². The maximum Gasteiger partial charge on any atom is 0.395 e. The summed E-state index contributed by atoms with van der Waals surface area (Å²) in [4.78, 5) is 17.9. The van der Waals surface area contributed by atoms with Crippen molar-refractivity contribution in [3.8, 4) is 0 Å². The second-order valence-corrected chi connectivity index (χ2v) is 6.35. The largest absolute Gasteiger partial charge is 0.395 e. The van der Waals surface area contributed by atoms with Crippen LogP contribution in [0.1, 0.15) is 30.7 Å². The van der Waals surface area contributed by atoms with Crippen molar-refractivity contribution in [3.05, 3.63) is 30.1 Å². The Morgan fingerprint density at radius 2 is 2.13 bits per heavy atom. The Bertz CT molecular complexity index is 527. The number of alkyl halides is 3. The minimum Gasteiger partial charge on any atom is -0.355 e. The van der Waals surface area contributed by atoms with Crippen LogP contribution in [0.2, 0.25) is 0 Å². The van der Waals surface area contributed by atoms with Gasteiger partial charge >= 0.3 is 6.18 Å². The van der Waals surface area contributed by atoms with Crippen LogP contribution in [-0.2, 0) is 4.79 Å². The molecule has 0 unspecified atom stereocenters. The fourth-order valence-corrected chi connectivity index (χ4v) is 2.86. The predicted octanol–water partition coefficient (Wildman–Crippen LogP) is 2.58. The van der Waals surface area contributed by atoms with Crippen molar-refractivity contribution >= 4 is 5.91 Å². The van der Waals surface area contributed by atoms with E-state index in [1.807, 2.05) is 19.0 Å². The minimum atomic E-state index is -4.31. The molecule has 1 amide bonds. The van der Waals surface area contributed by atoms with Crippen LogP contribution in [0.3, 0.4) is 0 Å². The van der Waals surface area contributed by atoms with Crippen LogP contribution in [0.5, 0.6) is 0 Å². The van der Waals surface area contributed by atoms with Crippen LogP contribution in [0, 0.1) is 5.41 Å². The molecule has 1 saturated carbocycles. The number of nitrogens with zero attached hydrogens (tertiary/aromatic N) is 2. The zero-order valence-corrected chi connectivity index (χ0v) is 13.4. The van der Waals surface area contributed by atoms with Gasteiger partial charge in [0, 0.05) is 37.8 Å². The summed E-state index contributed by atoms with van der Waals surface area (Å²) in [5, 5.41) is 2.70. The normalized spacial score (nSPS) is 17.8. The van der Waals surface area contributed by atoms with Crippen LogP contribution in [-0.4, -0.2) is 49.2 Å². The molecule has 7 heteroatoms. The van der Waals surface area contributed by atoms with Crippen molar-refractivity contribution < 1.29 is 18.0 Å². The van der Waals surface area contributed by atoms with E-state index in [9.17, 15) is 18.0 Å². The summed E-state index contributed by atoms with van der Waals surface area (Å²) in [5.74, 6) is -1.23. The molecule has 0 radical (unpaired) electrons. The monoisotopic (exact) mass is 329 g/mol. The maximum atomic E-state index is 13.5. The number of carbonyl (C=O) groups is 1. The summed E-state index contributed by atoms with van der Waals surface area (Å²) in [5.41, 5.74) is -1.31. The standard InChI is InChI=1S/C16H22F3N3O/c1-22(2)9-8-21-14(23)10-13(12-4-3-7-20-11-12)15(5-6-15)16(17,18)19/h3-4,7,11,13H,5-6,8-10H2,1-2H3,(H,21,23)/t13-/m1/s1. The fourth-order valence-electron chi connectivity index (χ4n) is 2.86. The molecule has 1 N–H and O–H groups in total. The van der Waals surface area contributed by atoms with E-state index in [0.717, 1.165) is 0 Å². The Labute approximate surface area is 134 Å². The van der Waals surface area contributed by atoms with E-state index in [0.29, 0.717) is 18.7 Å². The molecule has 0 spiro atoms. The molecule has 2 rings (SSSR count). The molecule has 1 aromatic heterocycles. The summed E-state index contributed by atoms with van der Waals surface area (Å²) in [6.07, 6.45) is -1.38. The molecule has 1 heterocycles. The van der Waals surface area contributed by atoms with Crippen LogP contribution >= 0.6 is 0 Å². The number of aromatic nitrogens is 1. The maximum absolute atomic E-state index is 13.5. The Kier molecular flexibility index (Phi) is 5.29. The van der Waals surface area contributed by atoms with Crippen LogP contribution in [0.15, 0.2) is 24.5 Å². The van der Waals surface area contributed by atoms with Gasteiger partial charge in [-0.15, -0.1) is 0 Å². The van der Waals surface area contributed by atoms with E-state index in [4.69, 9.17) is 0 Å². The molecule has 4 nitrogen and oxygen atoms in total. The lowest BCUT2D eigenvalue weighted by atomic mass is 9.80. The van der Waals surface area contributed by atoms with Gasteiger partial charge in [-0.25, -0.2) is 0 Å². The van der Waals surface area contributed by atoms with Gasteiger partial charge in [0.1, 0.15) is 0 Å². The summed E-state index contributed by atoms with van der Waals surface area (Å²) in [6, 6.07) is 3.23. The minimum absolute atomic E-state index is 0.0705. The molecule has 128 valence electrons. The van der Waals surface area contributed by atoms with Crippen molar-refractivity contribution in [1.29, 1.82) is 0 Å². The van der Waals surface area contributed by atoms with Crippen molar-refractivity contribution in [2.45, 2.75) is 31.4 Å². The first kappa shape index (κ1) is 17.7. The van der Waals surface area contributed by atoms with Gasteiger partial charge in [0.2, 0.25) is 5.91 Å². The number of pyridine rings is 1. The SMILES string of the molecule is CN(C)CCNC(=O)C[C@H](c1cccnc1)C1(C(F)(F)F)CC1. The Balaban J connectivity index is 2.11. The molecule has 0 saturated heterocycles. The highest BCUT2D eigenvalue weighted by Gasteiger charge is 2.67. The van der Waals surface area contributed by atoms with E-state index >= 15 is 0 Å². The smallest absolute Gasteiger partial charge is 0.355 e. The molecule has 1 aliphatic rings. The quantitative estimate of drug-likeness (QED) is 0.836. The van der Waals surface area contributed by atoms with Gasteiger partial charge in [-0.3, -0.25) is 9.78 Å². The summed E-state index contributed by atoms with van der Waals surface area (Å²) < 4.78 is 40.4. The molecule has 1 aliphatic carbocycles. The van der Waals surface area contributed by atoms with Crippen LogP contribution < -0.4 is 5.32 Å². The van der Waals surface area contributed by atoms with Gasteiger partial charge in [0.25, 0.3) is 0 Å². The van der Waals surface area contributed by atoms with Gasteiger partial charge in [-0.05, 0) is 38.6 Å². The number of rotatable bonds is 7. The second kappa shape index (κ2) is 6.86. The first-order chi connectivity index (χ1) is 10.8. The van der Waals surface area contributed by atoms with E-state index < -0.39 is 17.5 Å². The first-order valence-corrected chi connectivity index (χ1v) is 7.64. The van der Waals surface area contributed by atoms with Gasteiger partial charge in [0.15, 0.2) is 0 Å². The van der Waals surface area contributed by atoms with E-state index in [1.54, 1.807) is 12.1 Å². The van der Waals surface area contributed by atoms with E-state index in [1.165, 1.54) is 12.4 Å².